The number of halogens is 1. The predicted octanol–water partition coefficient (Wildman–Crippen LogP) is -0.230. The summed E-state index contributed by atoms with van der Waals surface area (Å²) in [4.78, 5) is 11.3. The highest BCUT2D eigenvalue weighted by Crippen LogP contribution is 2.18. The zero-order valence-electron chi connectivity index (χ0n) is 9.44. The molecule has 0 fully saturated rings. The third-order valence-electron chi connectivity index (χ3n) is 2.22. The Kier molecular flexibility index (Phi) is 4.86. The second kappa shape index (κ2) is 6.17. The summed E-state index contributed by atoms with van der Waals surface area (Å²) in [6.45, 7) is -0.0943. The third kappa shape index (κ3) is 3.69. The lowest BCUT2D eigenvalue weighted by Crippen LogP contribution is -2.38. The first-order valence-corrected chi connectivity index (χ1v) is 5.06. The van der Waals surface area contributed by atoms with Crippen LogP contribution in [0.2, 0.25) is 0 Å². The van der Waals surface area contributed by atoms with Crippen molar-refractivity contribution in [2.45, 2.75) is 12.6 Å². The van der Waals surface area contributed by atoms with Crippen LogP contribution in [0.5, 0.6) is 5.75 Å². The molecule has 0 aliphatic rings. The topological polar surface area (TPSA) is 84.6 Å². The summed E-state index contributed by atoms with van der Waals surface area (Å²) < 4.78 is 18.0. The third-order valence-corrected chi connectivity index (χ3v) is 2.22. The smallest absolute Gasteiger partial charge is 0.250 e. The molecular weight excluding hydrogens is 227 g/mol. The van der Waals surface area contributed by atoms with Crippen LogP contribution in [0.25, 0.3) is 0 Å². The quantitative estimate of drug-likeness (QED) is 0.666. The van der Waals surface area contributed by atoms with Crippen LogP contribution in [0.3, 0.4) is 0 Å². The van der Waals surface area contributed by atoms with Crippen LogP contribution in [0, 0.1) is 5.82 Å². The molecule has 0 saturated carbocycles. The van der Waals surface area contributed by atoms with Crippen LogP contribution in [-0.2, 0) is 11.3 Å². The highest BCUT2D eigenvalue weighted by Gasteiger charge is 2.13. The van der Waals surface area contributed by atoms with Gasteiger partial charge in [-0.1, -0.05) is 0 Å². The summed E-state index contributed by atoms with van der Waals surface area (Å²) in [6.07, 6.45) is -1.26. The first kappa shape index (κ1) is 13.4. The van der Waals surface area contributed by atoms with Crippen molar-refractivity contribution < 1.29 is 19.0 Å². The molecule has 0 spiro atoms. The zero-order valence-corrected chi connectivity index (χ0v) is 9.44. The van der Waals surface area contributed by atoms with Crippen molar-refractivity contribution in [1.29, 1.82) is 0 Å². The highest BCUT2D eigenvalue weighted by atomic mass is 19.1. The molecule has 0 bridgehead atoms. The van der Waals surface area contributed by atoms with Crippen molar-refractivity contribution in [3.63, 3.8) is 0 Å². The van der Waals surface area contributed by atoms with Crippen molar-refractivity contribution in [3.8, 4) is 5.75 Å². The number of ether oxygens (including phenoxy) is 1. The van der Waals surface area contributed by atoms with Crippen LogP contribution in [0.15, 0.2) is 18.2 Å². The second-order valence-electron chi connectivity index (χ2n) is 3.43. The summed E-state index contributed by atoms with van der Waals surface area (Å²) >= 11 is 0. The van der Waals surface area contributed by atoms with E-state index in [1.54, 1.807) is 0 Å². The Labute approximate surface area is 98.4 Å². The Morgan fingerprint density at radius 3 is 2.94 bits per heavy atom. The molecule has 1 aromatic carbocycles. The van der Waals surface area contributed by atoms with Gasteiger partial charge in [0.1, 0.15) is 17.7 Å². The Morgan fingerprint density at radius 2 is 2.35 bits per heavy atom. The van der Waals surface area contributed by atoms with Gasteiger partial charge in [-0.15, -0.1) is 0 Å². The van der Waals surface area contributed by atoms with Gasteiger partial charge in [0.15, 0.2) is 0 Å². The van der Waals surface area contributed by atoms with Gasteiger partial charge in [0, 0.05) is 18.7 Å². The monoisotopic (exact) mass is 242 g/mol. The molecule has 94 valence electrons. The van der Waals surface area contributed by atoms with Crippen LogP contribution in [-0.4, -0.2) is 30.8 Å². The van der Waals surface area contributed by atoms with Crippen molar-refractivity contribution in [3.05, 3.63) is 29.6 Å². The van der Waals surface area contributed by atoms with E-state index in [1.165, 1.54) is 25.3 Å². The van der Waals surface area contributed by atoms with Gasteiger partial charge in [-0.3, -0.25) is 4.79 Å². The lowest BCUT2D eigenvalue weighted by Gasteiger charge is -2.11. The summed E-state index contributed by atoms with van der Waals surface area (Å²) in [5.74, 6) is -0.554. The normalized spacial score (nSPS) is 12.0. The van der Waals surface area contributed by atoms with Crippen molar-refractivity contribution in [2.75, 3.05) is 13.7 Å². The Balaban J connectivity index is 2.68. The van der Waals surface area contributed by atoms with Gasteiger partial charge < -0.3 is 20.9 Å². The van der Waals surface area contributed by atoms with Crippen molar-refractivity contribution in [1.82, 2.24) is 5.32 Å². The minimum atomic E-state index is -1.26. The van der Waals surface area contributed by atoms with E-state index in [0.717, 1.165) is 0 Å². The van der Waals surface area contributed by atoms with E-state index in [9.17, 15) is 9.18 Å². The molecule has 1 unspecified atom stereocenters. The lowest BCUT2D eigenvalue weighted by molar-refractivity contribution is -0.128. The van der Waals surface area contributed by atoms with Crippen LogP contribution in [0.1, 0.15) is 5.56 Å². The van der Waals surface area contributed by atoms with E-state index < -0.39 is 17.8 Å². The fourth-order valence-corrected chi connectivity index (χ4v) is 1.29. The summed E-state index contributed by atoms with van der Waals surface area (Å²) in [5.41, 5.74) is 5.62. The first-order valence-electron chi connectivity index (χ1n) is 5.06. The molecule has 1 atom stereocenters. The largest absolute Gasteiger partial charge is 0.496 e. The van der Waals surface area contributed by atoms with E-state index in [2.05, 4.69) is 5.32 Å². The molecule has 6 heteroatoms. The maximum atomic E-state index is 13.0. The predicted molar refractivity (Wildman–Crippen MR) is 59.9 cm³/mol. The average Bonchev–Trinajstić information content (AvgIpc) is 2.35. The van der Waals surface area contributed by atoms with Gasteiger partial charge >= 0.3 is 0 Å². The number of carbonyl (C=O) groups is 1. The molecule has 5 nitrogen and oxygen atoms in total. The molecule has 0 aliphatic heterocycles. The fourth-order valence-electron chi connectivity index (χ4n) is 1.29. The van der Waals surface area contributed by atoms with Gasteiger partial charge in [-0.05, 0) is 18.2 Å². The number of rotatable bonds is 5. The average molecular weight is 242 g/mol. The van der Waals surface area contributed by atoms with E-state index in [-0.39, 0.29) is 13.1 Å². The molecule has 1 amide bonds. The highest BCUT2D eigenvalue weighted by molar-refractivity contribution is 5.80. The van der Waals surface area contributed by atoms with E-state index in [0.29, 0.717) is 11.3 Å². The van der Waals surface area contributed by atoms with Gasteiger partial charge in [0.25, 0.3) is 0 Å². The molecule has 4 N–H and O–H groups in total. The Bertz CT molecular complexity index is 398. The maximum absolute atomic E-state index is 13.0. The standard InChI is InChI=1S/C11H15FN2O3/c1-17-10-3-2-8(12)4-7(10)6-14-11(16)9(15)5-13/h2-4,9,15H,5-6,13H2,1H3,(H,14,16). The molecule has 0 radical (unpaired) electrons. The number of hydrogen-bond acceptors (Lipinski definition) is 4. The number of nitrogens with one attached hydrogen (secondary N) is 1. The van der Waals surface area contributed by atoms with Gasteiger partial charge in [0.2, 0.25) is 5.91 Å². The van der Waals surface area contributed by atoms with Gasteiger partial charge in [0.05, 0.1) is 7.11 Å². The van der Waals surface area contributed by atoms with Crippen molar-refractivity contribution in [2.24, 2.45) is 5.73 Å². The van der Waals surface area contributed by atoms with Crippen molar-refractivity contribution >= 4 is 5.91 Å². The first-order chi connectivity index (χ1) is 8.08. The van der Waals surface area contributed by atoms with E-state index in [4.69, 9.17) is 15.6 Å². The number of methoxy groups -OCH3 is 1. The number of nitrogens with two attached hydrogens (primary N) is 1. The Morgan fingerprint density at radius 1 is 1.65 bits per heavy atom. The minimum Gasteiger partial charge on any atom is -0.496 e. The van der Waals surface area contributed by atoms with Crippen LogP contribution < -0.4 is 15.8 Å². The summed E-state index contributed by atoms with van der Waals surface area (Å²) in [6, 6.07) is 3.99. The molecule has 17 heavy (non-hydrogen) atoms. The summed E-state index contributed by atoms with van der Waals surface area (Å²) in [7, 11) is 1.45. The summed E-state index contributed by atoms with van der Waals surface area (Å²) in [5, 5.41) is 11.6. The molecule has 0 heterocycles. The number of amides is 1. The molecule has 1 rings (SSSR count). The number of hydrogen-bond donors (Lipinski definition) is 3. The number of aliphatic hydroxyl groups excluding tert-OH is 1. The molecular formula is C11H15FN2O3. The van der Waals surface area contributed by atoms with Gasteiger partial charge in [-0.25, -0.2) is 4.39 Å². The zero-order chi connectivity index (χ0) is 12.8. The second-order valence-corrected chi connectivity index (χ2v) is 3.43. The number of benzene rings is 1. The van der Waals surface area contributed by atoms with Crippen LogP contribution >= 0.6 is 0 Å². The van der Waals surface area contributed by atoms with Crippen LogP contribution in [0.4, 0.5) is 4.39 Å². The maximum Gasteiger partial charge on any atom is 0.250 e. The number of carbonyl (C=O) groups excluding carboxylic acids is 1. The molecule has 0 saturated heterocycles. The number of aliphatic hydroxyl groups is 1. The molecule has 0 aromatic heterocycles. The van der Waals surface area contributed by atoms with Gasteiger partial charge in [-0.2, -0.15) is 0 Å². The SMILES string of the molecule is COc1ccc(F)cc1CNC(=O)C(O)CN. The molecule has 1 aromatic rings. The fraction of sp³-hybridized carbons (Fsp3) is 0.364. The molecule has 0 aliphatic carbocycles. The van der Waals surface area contributed by atoms with E-state index >= 15 is 0 Å². The minimum absolute atomic E-state index is 0.0663. The lowest BCUT2D eigenvalue weighted by atomic mass is 10.2. The van der Waals surface area contributed by atoms with E-state index in [1.807, 2.05) is 0 Å². The Hall–Kier alpha value is -1.66.